The molecule has 1 N–H and O–H groups in total. The highest BCUT2D eigenvalue weighted by Crippen LogP contribution is 2.35. The van der Waals surface area contributed by atoms with E-state index < -0.39 is 11.5 Å². The Bertz CT molecular complexity index is 1070. The molecule has 8 heteroatoms. The summed E-state index contributed by atoms with van der Waals surface area (Å²) in [5.41, 5.74) is 0.686. The van der Waals surface area contributed by atoms with E-state index in [1.165, 1.54) is 30.0 Å². The lowest BCUT2D eigenvalue weighted by Crippen LogP contribution is -2.65. The first-order valence-corrected chi connectivity index (χ1v) is 12.3. The Kier molecular flexibility index (Phi) is 7.05. The molecule has 0 unspecified atom stereocenters. The number of nitrogens with zero attached hydrogens (tertiary/aromatic N) is 3. The van der Waals surface area contributed by atoms with E-state index in [-0.39, 0.29) is 42.4 Å². The maximum absolute atomic E-state index is 13.8. The van der Waals surface area contributed by atoms with E-state index in [0.717, 1.165) is 31.2 Å². The fraction of sp³-hybridized carbons (Fsp3) is 0.538. The number of para-hydroxylation sites is 1. The van der Waals surface area contributed by atoms with Gasteiger partial charge in [0.2, 0.25) is 5.91 Å². The summed E-state index contributed by atoms with van der Waals surface area (Å²) in [6, 6.07) is 9.09. The number of esters is 1. The van der Waals surface area contributed by atoms with E-state index >= 15 is 0 Å². The van der Waals surface area contributed by atoms with Crippen molar-refractivity contribution in [1.82, 2.24) is 15.1 Å². The summed E-state index contributed by atoms with van der Waals surface area (Å²) in [6.07, 6.45) is 7.69. The molecule has 1 aromatic carbocycles. The smallest absolute Gasteiger partial charge is 0.358 e. The largest absolute Gasteiger partial charge is 0.461 e. The minimum absolute atomic E-state index is 0.0691. The molecule has 2 amide bonds. The number of carbonyl (C=O) groups excluding carboxylic acids is 3. The van der Waals surface area contributed by atoms with E-state index in [9.17, 15) is 14.4 Å². The van der Waals surface area contributed by atoms with Gasteiger partial charge in [0.05, 0.1) is 13.2 Å². The predicted octanol–water partition coefficient (Wildman–Crippen LogP) is 4.02. The minimum atomic E-state index is -1.21. The molecule has 1 fully saturated rings. The van der Waals surface area contributed by atoms with Crippen LogP contribution in [-0.4, -0.2) is 45.8 Å². The highest BCUT2D eigenvalue weighted by atomic mass is 16.5. The van der Waals surface area contributed by atoms with Crippen molar-refractivity contribution >= 4 is 23.5 Å². The quantitative estimate of drug-likeness (QED) is 0.672. The molecule has 8 nitrogen and oxygen atoms in total. The molecule has 1 aliphatic heterocycles. The molecular formula is C26H34N4O4. The summed E-state index contributed by atoms with van der Waals surface area (Å²) in [7, 11) is 0. The van der Waals surface area contributed by atoms with Gasteiger partial charge >= 0.3 is 5.97 Å². The summed E-state index contributed by atoms with van der Waals surface area (Å²) in [6.45, 7) is 5.78. The summed E-state index contributed by atoms with van der Waals surface area (Å²) in [4.78, 5) is 41.5. The molecule has 0 bridgehead atoms. The Morgan fingerprint density at radius 1 is 1.15 bits per heavy atom. The first-order valence-electron chi connectivity index (χ1n) is 12.3. The molecule has 2 aliphatic rings. The number of carbonyl (C=O) groups is 3. The van der Waals surface area contributed by atoms with Gasteiger partial charge in [0.15, 0.2) is 5.69 Å². The Morgan fingerprint density at radius 3 is 2.50 bits per heavy atom. The standard InChI is InChI=1S/C26H34N4O4/c1-4-34-24(32)20-16-22-23(31)30(21-15-11-10-12-18(21)2)26(3,17-29(22)28-20)25(33)27-19-13-8-6-5-7-9-14-19/h10-12,15-16,19H,4-9,13-14,17H2,1-3H3,(H,27,33)/t26-/m0/s1. The Morgan fingerprint density at radius 2 is 1.82 bits per heavy atom. The van der Waals surface area contributed by atoms with Crippen LogP contribution in [0.4, 0.5) is 5.69 Å². The van der Waals surface area contributed by atoms with E-state index in [4.69, 9.17) is 4.74 Å². The fourth-order valence-corrected chi connectivity index (χ4v) is 5.02. The number of benzene rings is 1. The van der Waals surface area contributed by atoms with Crippen LogP contribution in [0.25, 0.3) is 0 Å². The molecule has 2 heterocycles. The van der Waals surface area contributed by atoms with Gasteiger partial charge in [-0.25, -0.2) is 4.79 Å². The minimum Gasteiger partial charge on any atom is -0.461 e. The van der Waals surface area contributed by atoms with Gasteiger partial charge in [0.25, 0.3) is 5.91 Å². The second kappa shape index (κ2) is 9.99. The highest BCUT2D eigenvalue weighted by Gasteiger charge is 2.49. The molecule has 1 aliphatic carbocycles. The third-order valence-corrected chi connectivity index (χ3v) is 6.92. The van der Waals surface area contributed by atoms with Crippen LogP contribution in [0.15, 0.2) is 30.3 Å². The Balaban J connectivity index is 1.72. The van der Waals surface area contributed by atoms with Crippen molar-refractivity contribution in [2.24, 2.45) is 0 Å². The topological polar surface area (TPSA) is 93.5 Å². The third-order valence-electron chi connectivity index (χ3n) is 6.92. The van der Waals surface area contributed by atoms with Gasteiger partial charge in [-0.1, -0.05) is 50.3 Å². The molecule has 1 saturated carbocycles. The number of nitrogens with one attached hydrogen (secondary N) is 1. The molecule has 182 valence electrons. The molecule has 1 atom stereocenters. The van der Waals surface area contributed by atoms with Crippen LogP contribution in [0.3, 0.4) is 0 Å². The molecule has 4 rings (SSSR count). The van der Waals surface area contributed by atoms with Gasteiger partial charge in [-0.2, -0.15) is 5.10 Å². The van der Waals surface area contributed by atoms with E-state index in [1.807, 2.05) is 31.2 Å². The van der Waals surface area contributed by atoms with Gasteiger partial charge in [-0.15, -0.1) is 0 Å². The zero-order chi connectivity index (χ0) is 24.3. The van der Waals surface area contributed by atoms with Gasteiger partial charge < -0.3 is 10.1 Å². The van der Waals surface area contributed by atoms with E-state index in [0.29, 0.717) is 5.69 Å². The van der Waals surface area contributed by atoms with Crippen molar-refractivity contribution in [2.75, 3.05) is 11.5 Å². The average Bonchev–Trinajstić information content (AvgIpc) is 3.21. The molecule has 1 aromatic heterocycles. The van der Waals surface area contributed by atoms with Gasteiger partial charge in [0, 0.05) is 17.8 Å². The van der Waals surface area contributed by atoms with Gasteiger partial charge in [0.1, 0.15) is 11.2 Å². The Hall–Kier alpha value is -3.16. The van der Waals surface area contributed by atoms with Crippen LogP contribution in [0, 0.1) is 6.92 Å². The van der Waals surface area contributed by atoms with Crippen LogP contribution in [0.2, 0.25) is 0 Å². The van der Waals surface area contributed by atoms with Crippen LogP contribution in [0.1, 0.15) is 85.3 Å². The lowest BCUT2D eigenvalue weighted by atomic mass is 9.91. The first kappa shape index (κ1) is 24.0. The highest BCUT2D eigenvalue weighted by molar-refractivity contribution is 6.12. The number of hydrogen-bond acceptors (Lipinski definition) is 5. The summed E-state index contributed by atoms with van der Waals surface area (Å²) >= 11 is 0. The predicted molar refractivity (Wildman–Crippen MR) is 129 cm³/mol. The maximum Gasteiger partial charge on any atom is 0.358 e. The van der Waals surface area contributed by atoms with Crippen molar-refractivity contribution in [3.05, 3.63) is 47.3 Å². The van der Waals surface area contributed by atoms with Crippen molar-refractivity contribution in [2.45, 2.75) is 83.8 Å². The number of aromatic nitrogens is 2. The van der Waals surface area contributed by atoms with Gasteiger partial charge in [-0.05, 0) is 45.2 Å². The maximum atomic E-state index is 13.8. The Labute approximate surface area is 200 Å². The molecule has 0 spiro atoms. The van der Waals surface area contributed by atoms with E-state index in [1.54, 1.807) is 18.7 Å². The van der Waals surface area contributed by atoms with Gasteiger partial charge in [-0.3, -0.25) is 19.2 Å². The van der Waals surface area contributed by atoms with Crippen molar-refractivity contribution in [1.29, 1.82) is 0 Å². The molecule has 2 aromatic rings. The molecular weight excluding hydrogens is 432 g/mol. The molecule has 0 saturated heterocycles. The lowest BCUT2D eigenvalue weighted by Gasteiger charge is -2.44. The number of rotatable bonds is 5. The second-order valence-corrected chi connectivity index (χ2v) is 9.51. The van der Waals surface area contributed by atoms with Crippen LogP contribution >= 0.6 is 0 Å². The SMILES string of the molecule is CCOC(=O)c1cc2n(n1)C[C@@](C)(C(=O)NC1CCCCCCC1)N(c1ccccc1C)C2=O. The number of ether oxygens (including phenoxy) is 1. The second-order valence-electron chi connectivity index (χ2n) is 9.51. The average molecular weight is 467 g/mol. The van der Waals surface area contributed by atoms with E-state index in [2.05, 4.69) is 10.4 Å². The number of anilines is 1. The third kappa shape index (κ3) is 4.58. The zero-order valence-electron chi connectivity index (χ0n) is 20.3. The summed E-state index contributed by atoms with van der Waals surface area (Å²) < 4.78 is 6.55. The monoisotopic (exact) mass is 466 g/mol. The number of fused-ring (bicyclic) bond motifs is 1. The van der Waals surface area contributed by atoms with Crippen molar-refractivity contribution in [3.8, 4) is 0 Å². The van der Waals surface area contributed by atoms with Crippen LogP contribution < -0.4 is 10.2 Å². The number of hydrogen-bond donors (Lipinski definition) is 1. The van der Waals surface area contributed by atoms with Crippen LogP contribution in [0.5, 0.6) is 0 Å². The number of aryl methyl sites for hydroxylation is 1. The first-order chi connectivity index (χ1) is 16.3. The van der Waals surface area contributed by atoms with Crippen molar-refractivity contribution < 1.29 is 19.1 Å². The lowest BCUT2D eigenvalue weighted by molar-refractivity contribution is -0.127. The van der Waals surface area contributed by atoms with Crippen molar-refractivity contribution in [3.63, 3.8) is 0 Å². The fourth-order valence-electron chi connectivity index (χ4n) is 5.02. The summed E-state index contributed by atoms with van der Waals surface area (Å²) in [5, 5.41) is 7.59. The molecule has 0 radical (unpaired) electrons. The zero-order valence-corrected chi connectivity index (χ0v) is 20.3. The molecule has 34 heavy (non-hydrogen) atoms. The number of amides is 2. The normalized spacial score (nSPS) is 21.4. The summed E-state index contributed by atoms with van der Waals surface area (Å²) in [5.74, 6) is -1.15. The van der Waals surface area contributed by atoms with Crippen LogP contribution in [-0.2, 0) is 16.1 Å².